The summed E-state index contributed by atoms with van der Waals surface area (Å²) in [5.74, 6) is 1.27. The molecule has 1 aromatic rings. The van der Waals surface area contributed by atoms with Crippen LogP contribution in [0.4, 0.5) is 0 Å². The number of phenols is 1. The second-order valence-electron chi connectivity index (χ2n) is 9.08. The van der Waals surface area contributed by atoms with E-state index >= 15 is 0 Å². The van der Waals surface area contributed by atoms with Crippen LogP contribution in [0.15, 0.2) is 51.1 Å². The highest BCUT2D eigenvalue weighted by Crippen LogP contribution is 2.30. The molecule has 0 saturated carbocycles. The molecule has 2 fully saturated rings. The van der Waals surface area contributed by atoms with Crippen molar-refractivity contribution in [2.45, 2.75) is 71.5 Å². The maximum atomic E-state index is 10.9. The smallest absolute Gasteiger partial charge is 0.131 e. The molecule has 0 radical (unpaired) electrons. The fourth-order valence-electron chi connectivity index (χ4n) is 4.80. The van der Waals surface area contributed by atoms with Gasteiger partial charge in [-0.15, -0.1) is 10.2 Å². The number of nitrogens with one attached hydrogen (secondary N) is 1. The number of hydrogen-bond donors (Lipinski definition) is 2. The SMILES string of the molecule is C/C=C(\C=NC(C)C)c1ccc(C2=NN=C(N3CCC4NCC[C@@H]43)CC(CC)=C2)c(O)c1. The molecule has 1 aromatic carbocycles. The number of benzene rings is 1. The maximum absolute atomic E-state index is 10.9. The number of amidine groups is 1. The quantitative estimate of drug-likeness (QED) is 0.669. The van der Waals surface area contributed by atoms with Crippen LogP contribution in [0.1, 0.15) is 64.5 Å². The molecule has 3 aliphatic rings. The molecule has 6 heteroatoms. The van der Waals surface area contributed by atoms with E-state index < -0.39 is 0 Å². The molecule has 3 aliphatic heterocycles. The molecular weight excluding hydrogens is 398 g/mol. The summed E-state index contributed by atoms with van der Waals surface area (Å²) in [6, 6.07) is 7.09. The Morgan fingerprint density at radius 3 is 2.88 bits per heavy atom. The molecule has 170 valence electrons. The first-order chi connectivity index (χ1) is 15.5. The van der Waals surface area contributed by atoms with Gasteiger partial charge in [0, 0.05) is 42.9 Å². The summed E-state index contributed by atoms with van der Waals surface area (Å²) in [4.78, 5) is 6.94. The summed E-state index contributed by atoms with van der Waals surface area (Å²) < 4.78 is 0. The number of aliphatic imine (C=N–C) groups is 1. The number of likely N-dealkylation sites (tertiary alicyclic amines) is 1. The van der Waals surface area contributed by atoms with Gasteiger partial charge in [0.2, 0.25) is 0 Å². The lowest BCUT2D eigenvalue weighted by Crippen LogP contribution is -2.38. The van der Waals surface area contributed by atoms with E-state index in [1.54, 1.807) is 6.07 Å². The number of rotatable bonds is 5. The molecule has 2 saturated heterocycles. The molecule has 2 atom stereocenters. The molecule has 2 N–H and O–H groups in total. The average molecular weight is 434 g/mol. The highest BCUT2D eigenvalue weighted by atomic mass is 16.3. The molecule has 6 nitrogen and oxygen atoms in total. The molecule has 0 aromatic heterocycles. The maximum Gasteiger partial charge on any atom is 0.131 e. The van der Waals surface area contributed by atoms with Gasteiger partial charge < -0.3 is 15.3 Å². The Labute approximate surface area is 191 Å². The van der Waals surface area contributed by atoms with E-state index in [-0.39, 0.29) is 11.8 Å². The zero-order chi connectivity index (χ0) is 22.7. The molecule has 1 unspecified atom stereocenters. The molecule has 0 amide bonds. The van der Waals surface area contributed by atoms with Crippen molar-refractivity contribution < 1.29 is 5.11 Å². The van der Waals surface area contributed by atoms with Gasteiger partial charge in [0.1, 0.15) is 11.6 Å². The van der Waals surface area contributed by atoms with Crippen LogP contribution in [0, 0.1) is 0 Å². The summed E-state index contributed by atoms with van der Waals surface area (Å²) in [6.45, 7) is 10.4. The van der Waals surface area contributed by atoms with Crippen molar-refractivity contribution >= 4 is 23.3 Å². The predicted octanol–water partition coefficient (Wildman–Crippen LogP) is 4.55. The fourth-order valence-corrected chi connectivity index (χ4v) is 4.80. The minimum absolute atomic E-state index is 0.213. The minimum Gasteiger partial charge on any atom is -0.507 e. The number of nitrogens with zero attached hydrogens (tertiary/aromatic N) is 4. The van der Waals surface area contributed by atoms with Gasteiger partial charge in [-0.05, 0) is 75.9 Å². The normalized spacial score (nSPS) is 24.0. The highest BCUT2D eigenvalue weighted by molar-refractivity contribution is 6.13. The summed E-state index contributed by atoms with van der Waals surface area (Å²) in [6.07, 6.45) is 10.1. The topological polar surface area (TPSA) is 72.6 Å². The van der Waals surface area contributed by atoms with Crippen molar-refractivity contribution in [3.05, 3.63) is 47.1 Å². The van der Waals surface area contributed by atoms with Crippen molar-refractivity contribution in [2.75, 3.05) is 13.1 Å². The van der Waals surface area contributed by atoms with E-state index in [9.17, 15) is 5.11 Å². The standard InChI is InChI=1S/C26H35N5O/c1-5-18-13-23(29-30-26(14-18)31-12-10-22-24(31)9-11-27-22)21-8-7-20(15-25(21)32)19(6-2)16-28-17(3)4/h6-8,13,15-17,22,24,27,32H,5,9-12,14H2,1-4H3/b19-6+,28-16?/t22?,24-/m0/s1. The molecular formula is C26H35N5O. The first kappa shape index (κ1) is 22.5. The average Bonchev–Trinajstić information content (AvgIpc) is 3.33. The minimum atomic E-state index is 0.213. The summed E-state index contributed by atoms with van der Waals surface area (Å²) in [5, 5.41) is 23.8. The lowest BCUT2D eigenvalue weighted by molar-refractivity contribution is 0.380. The Balaban J connectivity index is 1.63. The first-order valence-corrected chi connectivity index (χ1v) is 11.9. The number of phenolic OH excluding ortho intramolecular Hbond substituents is 1. The van der Waals surface area contributed by atoms with Gasteiger partial charge in [-0.25, -0.2) is 0 Å². The van der Waals surface area contributed by atoms with E-state index in [0.29, 0.717) is 17.6 Å². The molecule has 4 rings (SSSR count). The van der Waals surface area contributed by atoms with Crippen LogP contribution in [0.25, 0.3) is 5.57 Å². The van der Waals surface area contributed by atoms with E-state index in [1.165, 1.54) is 18.4 Å². The Kier molecular flexibility index (Phi) is 6.89. The Bertz CT molecular complexity index is 1000. The van der Waals surface area contributed by atoms with Crippen LogP contribution >= 0.6 is 0 Å². The van der Waals surface area contributed by atoms with E-state index in [2.05, 4.69) is 33.3 Å². The Morgan fingerprint density at radius 1 is 1.31 bits per heavy atom. The van der Waals surface area contributed by atoms with E-state index in [0.717, 1.165) is 48.6 Å². The van der Waals surface area contributed by atoms with Gasteiger partial charge in [0.25, 0.3) is 0 Å². The zero-order valence-corrected chi connectivity index (χ0v) is 19.7. The van der Waals surface area contributed by atoms with Gasteiger partial charge in [-0.1, -0.05) is 24.6 Å². The molecule has 0 spiro atoms. The van der Waals surface area contributed by atoms with Crippen LogP contribution in [-0.2, 0) is 0 Å². The van der Waals surface area contributed by atoms with Crippen LogP contribution < -0.4 is 5.32 Å². The zero-order valence-electron chi connectivity index (χ0n) is 19.7. The van der Waals surface area contributed by atoms with Gasteiger partial charge in [-0.3, -0.25) is 4.99 Å². The van der Waals surface area contributed by atoms with Gasteiger partial charge in [0.05, 0.1) is 5.71 Å². The lowest BCUT2D eigenvalue weighted by Gasteiger charge is -2.26. The van der Waals surface area contributed by atoms with Crippen molar-refractivity contribution in [1.82, 2.24) is 10.2 Å². The Hall–Kier alpha value is -2.73. The third-order valence-corrected chi connectivity index (χ3v) is 6.61. The highest BCUT2D eigenvalue weighted by Gasteiger charge is 2.39. The summed E-state index contributed by atoms with van der Waals surface area (Å²) >= 11 is 0. The van der Waals surface area contributed by atoms with Crippen molar-refractivity contribution in [3.63, 3.8) is 0 Å². The molecule has 0 bridgehead atoms. The molecule has 32 heavy (non-hydrogen) atoms. The lowest BCUT2D eigenvalue weighted by atomic mass is 9.99. The first-order valence-electron chi connectivity index (χ1n) is 11.9. The van der Waals surface area contributed by atoms with Crippen molar-refractivity contribution in [2.24, 2.45) is 15.2 Å². The van der Waals surface area contributed by atoms with Crippen LogP contribution in [0.5, 0.6) is 5.75 Å². The molecule has 3 heterocycles. The second-order valence-corrected chi connectivity index (χ2v) is 9.08. The number of allylic oxidation sites excluding steroid dienone is 3. The van der Waals surface area contributed by atoms with Crippen LogP contribution in [0.3, 0.4) is 0 Å². The fraction of sp³-hybridized carbons (Fsp3) is 0.500. The Morgan fingerprint density at radius 2 is 2.16 bits per heavy atom. The van der Waals surface area contributed by atoms with E-state index in [4.69, 9.17) is 5.10 Å². The monoisotopic (exact) mass is 433 g/mol. The second kappa shape index (κ2) is 9.82. The van der Waals surface area contributed by atoms with Gasteiger partial charge in [-0.2, -0.15) is 0 Å². The third-order valence-electron chi connectivity index (χ3n) is 6.61. The predicted molar refractivity (Wildman–Crippen MR) is 134 cm³/mol. The van der Waals surface area contributed by atoms with Crippen LogP contribution in [-0.4, -0.2) is 59.0 Å². The third kappa shape index (κ3) is 4.70. The van der Waals surface area contributed by atoms with Crippen LogP contribution in [0.2, 0.25) is 0 Å². The van der Waals surface area contributed by atoms with Crippen molar-refractivity contribution in [3.8, 4) is 5.75 Å². The van der Waals surface area contributed by atoms with Gasteiger partial charge in [0.15, 0.2) is 0 Å². The van der Waals surface area contributed by atoms with Crippen molar-refractivity contribution in [1.29, 1.82) is 0 Å². The number of aromatic hydroxyl groups is 1. The van der Waals surface area contributed by atoms with Gasteiger partial charge >= 0.3 is 0 Å². The molecule has 0 aliphatic carbocycles. The summed E-state index contributed by atoms with van der Waals surface area (Å²) in [5.41, 5.74) is 4.65. The number of hydrogen-bond acceptors (Lipinski definition) is 6. The largest absolute Gasteiger partial charge is 0.507 e. The summed E-state index contributed by atoms with van der Waals surface area (Å²) in [7, 11) is 0. The number of fused-ring (bicyclic) bond motifs is 1. The van der Waals surface area contributed by atoms with E-state index in [1.807, 2.05) is 45.2 Å².